The van der Waals surface area contributed by atoms with Crippen LogP contribution in [0.2, 0.25) is 10.0 Å². The minimum absolute atomic E-state index is 0.102. The number of benzene rings is 3. The molecule has 0 spiro atoms. The first-order valence-electron chi connectivity index (χ1n) is 10.4. The molecule has 1 aliphatic heterocycles. The van der Waals surface area contributed by atoms with E-state index < -0.39 is 0 Å². The standard InChI is InChI=1S/C26H17Cl2N3OS2/c27-20-10-6-17(7-11-20)15-30-25(33)23(34-26(30)32)14-19-16-31(22-4-2-1-3-5-22)29-24(19)18-8-12-21(28)13-9-18/h1-14,16H,15H2. The third-order valence-corrected chi connectivity index (χ3v) is 7.29. The molecule has 1 aliphatic rings. The van der Waals surface area contributed by atoms with Gasteiger partial charge in [0.15, 0.2) is 0 Å². The Kier molecular flexibility index (Phi) is 6.57. The molecule has 8 heteroatoms. The summed E-state index contributed by atoms with van der Waals surface area (Å²) >= 11 is 18.9. The van der Waals surface area contributed by atoms with Gasteiger partial charge in [0.05, 0.1) is 22.8 Å². The van der Waals surface area contributed by atoms with E-state index >= 15 is 0 Å². The Morgan fingerprint density at radius 3 is 2.24 bits per heavy atom. The first-order chi connectivity index (χ1) is 16.5. The van der Waals surface area contributed by atoms with Gasteiger partial charge in [0.25, 0.3) is 5.24 Å². The summed E-state index contributed by atoms with van der Waals surface area (Å²) in [4.78, 5) is 15.6. The van der Waals surface area contributed by atoms with Gasteiger partial charge >= 0.3 is 0 Å². The van der Waals surface area contributed by atoms with Gasteiger partial charge in [-0.25, -0.2) is 4.68 Å². The van der Waals surface area contributed by atoms with E-state index in [1.165, 1.54) is 0 Å². The fraction of sp³-hybridized carbons (Fsp3) is 0.0385. The molecular formula is C26H17Cl2N3OS2. The predicted molar refractivity (Wildman–Crippen MR) is 145 cm³/mol. The second kappa shape index (κ2) is 9.76. The van der Waals surface area contributed by atoms with E-state index in [0.29, 0.717) is 21.6 Å². The molecule has 0 bridgehead atoms. The normalized spacial score (nSPS) is 14.9. The van der Waals surface area contributed by atoms with E-state index in [9.17, 15) is 4.79 Å². The molecule has 0 saturated carbocycles. The Morgan fingerprint density at radius 2 is 1.56 bits per heavy atom. The summed E-state index contributed by atoms with van der Waals surface area (Å²) in [6.45, 7) is 0.395. The van der Waals surface area contributed by atoms with Crippen molar-refractivity contribution in [3.05, 3.63) is 111 Å². The molecule has 0 aliphatic carbocycles. The van der Waals surface area contributed by atoms with Crippen LogP contribution < -0.4 is 0 Å². The molecule has 1 saturated heterocycles. The number of halogens is 2. The SMILES string of the molecule is O=C1SC(=Cc2cn(-c3ccccc3)nc2-c2ccc(Cl)cc2)C(=S)N1Cc1ccc(Cl)cc1. The molecule has 1 fully saturated rings. The molecule has 4 aromatic rings. The van der Waals surface area contributed by atoms with Crippen molar-refractivity contribution < 1.29 is 4.79 Å². The lowest BCUT2D eigenvalue weighted by Gasteiger charge is -2.14. The van der Waals surface area contributed by atoms with Crippen LogP contribution >= 0.6 is 47.2 Å². The van der Waals surface area contributed by atoms with E-state index in [4.69, 9.17) is 40.5 Å². The summed E-state index contributed by atoms with van der Waals surface area (Å²) in [5, 5.41) is 6.03. The molecule has 0 radical (unpaired) electrons. The Balaban J connectivity index is 1.51. The highest BCUT2D eigenvalue weighted by Crippen LogP contribution is 2.36. The number of para-hydroxylation sites is 1. The number of hydrogen-bond donors (Lipinski definition) is 0. The van der Waals surface area contributed by atoms with Gasteiger partial charge in [-0.15, -0.1) is 0 Å². The molecule has 3 aromatic carbocycles. The van der Waals surface area contributed by atoms with Crippen LogP contribution in [-0.4, -0.2) is 24.9 Å². The second-order valence-corrected chi connectivity index (χ2v) is 9.87. The fourth-order valence-electron chi connectivity index (χ4n) is 3.59. The summed E-state index contributed by atoms with van der Waals surface area (Å²) in [7, 11) is 0. The maximum Gasteiger partial charge on any atom is 0.291 e. The van der Waals surface area contributed by atoms with Crippen LogP contribution in [0.5, 0.6) is 0 Å². The largest absolute Gasteiger partial charge is 0.291 e. The summed E-state index contributed by atoms with van der Waals surface area (Å²) in [6, 6.07) is 24.8. The van der Waals surface area contributed by atoms with E-state index in [1.54, 1.807) is 17.0 Å². The molecule has 5 rings (SSSR count). The zero-order valence-electron chi connectivity index (χ0n) is 17.7. The molecular weight excluding hydrogens is 505 g/mol. The summed E-state index contributed by atoms with van der Waals surface area (Å²) < 4.78 is 1.83. The van der Waals surface area contributed by atoms with E-state index in [0.717, 1.165) is 44.7 Å². The van der Waals surface area contributed by atoms with Crippen LogP contribution in [0, 0.1) is 0 Å². The van der Waals surface area contributed by atoms with Crippen LogP contribution in [0.3, 0.4) is 0 Å². The smallest absolute Gasteiger partial charge is 0.288 e. The van der Waals surface area contributed by atoms with Crippen molar-refractivity contribution in [3.8, 4) is 16.9 Å². The number of nitrogens with zero attached hydrogens (tertiary/aromatic N) is 3. The van der Waals surface area contributed by atoms with Crippen molar-refractivity contribution in [3.63, 3.8) is 0 Å². The summed E-state index contributed by atoms with van der Waals surface area (Å²) in [5.41, 5.74) is 4.45. The number of carbonyl (C=O) groups excluding carboxylic acids is 1. The van der Waals surface area contributed by atoms with E-state index in [-0.39, 0.29) is 5.24 Å². The highest BCUT2D eigenvalue weighted by Gasteiger charge is 2.32. The predicted octanol–water partition coefficient (Wildman–Crippen LogP) is 7.88. The average molecular weight is 522 g/mol. The van der Waals surface area contributed by atoms with Gasteiger partial charge < -0.3 is 0 Å². The minimum atomic E-state index is -0.102. The van der Waals surface area contributed by atoms with Crippen molar-refractivity contribution in [2.45, 2.75) is 6.54 Å². The first kappa shape index (κ1) is 22.9. The van der Waals surface area contributed by atoms with E-state index in [1.807, 2.05) is 83.7 Å². The molecule has 1 aromatic heterocycles. The number of aromatic nitrogens is 2. The summed E-state index contributed by atoms with van der Waals surface area (Å²) in [6.07, 6.45) is 3.88. The maximum absolute atomic E-state index is 12.8. The van der Waals surface area contributed by atoms with Crippen LogP contribution in [-0.2, 0) is 6.54 Å². The van der Waals surface area contributed by atoms with E-state index in [2.05, 4.69) is 0 Å². The molecule has 0 unspecified atom stereocenters. The third kappa shape index (κ3) is 4.81. The third-order valence-electron chi connectivity index (χ3n) is 5.30. The van der Waals surface area contributed by atoms with Crippen molar-refractivity contribution >= 4 is 63.5 Å². The number of thioether (sulfide) groups is 1. The van der Waals surface area contributed by atoms with Gasteiger partial charge in [0, 0.05) is 27.4 Å². The second-order valence-electron chi connectivity index (χ2n) is 7.61. The van der Waals surface area contributed by atoms with Gasteiger partial charge in [-0.3, -0.25) is 9.69 Å². The van der Waals surface area contributed by atoms with Crippen LogP contribution in [0.25, 0.3) is 23.0 Å². The lowest BCUT2D eigenvalue weighted by Crippen LogP contribution is -2.26. The lowest BCUT2D eigenvalue weighted by atomic mass is 10.1. The molecule has 0 atom stereocenters. The van der Waals surface area contributed by atoms with Gasteiger partial charge in [-0.1, -0.05) is 77.9 Å². The van der Waals surface area contributed by atoms with Crippen LogP contribution in [0.1, 0.15) is 11.1 Å². The van der Waals surface area contributed by atoms with Crippen molar-refractivity contribution in [2.75, 3.05) is 0 Å². The Hall–Kier alpha value is -2.90. The lowest BCUT2D eigenvalue weighted by molar-refractivity contribution is 0.244. The number of rotatable bonds is 5. The molecule has 168 valence electrons. The molecule has 34 heavy (non-hydrogen) atoms. The molecule has 0 N–H and O–H groups in total. The van der Waals surface area contributed by atoms with Gasteiger partial charge in [-0.05, 0) is 59.8 Å². The average Bonchev–Trinajstić information content (AvgIpc) is 3.38. The zero-order valence-corrected chi connectivity index (χ0v) is 20.8. The van der Waals surface area contributed by atoms with Crippen LogP contribution in [0.15, 0.2) is 90.0 Å². The zero-order chi connectivity index (χ0) is 23.7. The maximum atomic E-state index is 12.8. The van der Waals surface area contributed by atoms with Gasteiger partial charge in [0.1, 0.15) is 4.99 Å². The molecule has 1 amide bonds. The minimum Gasteiger partial charge on any atom is -0.288 e. The Labute approximate surface area is 216 Å². The quantitative estimate of drug-likeness (QED) is 0.197. The number of carbonyl (C=O) groups is 1. The number of hydrogen-bond acceptors (Lipinski definition) is 4. The highest BCUT2D eigenvalue weighted by atomic mass is 35.5. The summed E-state index contributed by atoms with van der Waals surface area (Å²) in [5.74, 6) is 0. The van der Waals surface area contributed by atoms with Crippen molar-refractivity contribution in [1.82, 2.24) is 14.7 Å². The van der Waals surface area contributed by atoms with Gasteiger partial charge in [0.2, 0.25) is 0 Å². The van der Waals surface area contributed by atoms with Crippen molar-refractivity contribution in [1.29, 1.82) is 0 Å². The highest BCUT2D eigenvalue weighted by molar-refractivity contribution is 8.19. The monoisotopic (exact) mass is 521 g/mol. The Bertz CT molecular complexity index is 1400. The fourth-order valence-corrected chi connectivity index (χ4v) is 5.07. The molecule has 2 heterocycles. The van der Waals surface area contributed by atoms with Crippen LogP contribution in [0.4, 0.5) is 4.79 Å². The molecule has 4 nitrogen and oxygen atoms in total. The number of amides is 1. The first-order valence-corrected chi connectivity index (χ1v) is 12.4. The topological polar surface area (TPSA) is 38.1 Å². The Morgan fingerprint density at radius 1 is 0.912 bits per heavy atom. The number of thiocarbonyl (C=S) groups is 1. The van der Waals surface area contributed by atoms with Gasteiger partial charge in [-0.2, -0.15) is 5.10 Å². The van der Waals surface area contributed by atoms with Crippen molar-refractivity contribution in [2.24, 2.45) is 0 Å².